The molecule has 19 heavy (non-hydrogen) atoms. The molecule has 0 aliphatic heterocycles. The van der Waals surface area contributed by atoms with E-state index in [0.29, 0.717) is 0 Å². The highest BCUT2D eigenvalue weighted by Crippen LogP contribution is 2.14. The summed E-state index contributed by atoms with van der Waals surface area (Å²) in [4.78, 5) is 30.5. The van der Waals surface area contributed by atoms with Crippen LogP contribution in [-0.4, -0.2) is 27.0 Å². The Kier molecular flexibility index (Phi) is 3.86. The van der Waals surface area contributed by atoms with Crippen LogP contribution < -0.4 is 5.32 Å². The van der Waals surface area contributed by atoms with E-state index in [4.69, 9.17) is 5.11 Å². The first-order valence-corrected chi connectivity index (χ1v) is 5.98. The zero-order valence-corrected chi connectivity index (χ0v) is 11.1. The quantitative estimate of drug-likeness (QED) is 0.904. The van der Waals surface area contributed by atoms with E-state index in [-0.39, 0.29) is 17.1 Å². The van der Waals surface area contributed by atoms with E-state index in [1.165, 1.54) is 30.6 Å². The molecule has 0 aromatic carbocycles. The van der Waals surface area contributed by atoms with Gasteiger partial charge >= 0.3 is 5.97 Å². The number of anilines is 1. The van der Waals surface area contributed by atoms with Gasteiger partial charge in [0.05, 0.1) is 5.69 Å². The van der Waals surface area contributed by atoms with Crippen molar-refractivity contribution in [1.82, 2.24) is 9.97 Å². The molecule has 0 atom stereocenters. The lowest BCUT2D eigenvalue weighted by Gasteiger charge is -2.06. The van der Waals surface area contributed by atoms with E-state index in [1.807, 2.05) is 0 Å². The van der Waals surface area contributed by atoms with Crippen LogP contribution in [0.3, 0.4) is 0 Å². The van der Waals surface area contributed by atoms with E-state index in [0.717, 1.165) is 4.47 Å². The number of carboxylic acids is 1. The Balaban J connectivity index is 2.24. The lowest BCUT2D eigenvalue weighted by molar-refractivity contribution is 0.0692. The number of hydrogen-bond donors (Lipinski definition) is 2. The number of rotatable bonds is 3. The van der Waals surface area contributed by atoms with Crippen molar-refractivity contribution in [3.05, 3.63) is 52.5 Å². The highest BCUT2D eigenvalue weighted by Gasteiger charge is 2.14. The molecule has 2 N–H and O–H groups in total. The number of carboxylic acid groups (broad SMARTS) is 1. The van der Waals surface area contributed by atoms with Gasteiger partial charge in [-0.05, 0) is 40.2 Å². The van der Waals surface area contributed by atoms with Gasteiger partial charge in [-0.25, -0.2) is 14.8 Å². The molecular formula is C12H8BrN3O3. The Hall–Kier alpha value is -2.28. The molecule has 0 unspecified atom stereocenters. The summed E-state index contributed by atoms with van der Waals surface area (Å²) in [5.74, 6) is -1.71. The van der Waals surface area contributed by atoms with Crippen molar-refractivity contribution in [1.29, 1.82) is 0 Å². The smallest absolute Gasteiger partial charge is 0.356 e. The highest BCUT2D eigenvalue weighted by atomic mass is 79.9. The topological polar surface area (TPSA) is 92.2 Å². The minimum atomic E-state index is -1.21. The van der Waals surface area contributed by atoms with E-state index >= 15 is 0 Å². The van der Waals surface area contributed by atoms with Gasteiger partial charge in [-0.3, -0.25) is 4.79 Å². The largest absolute Gasteiger partial charge is 0.476 e. The molecule has 0 aliphatic carbocycles. The van der Waals surface area contributed by atoms with Crippen LogP contribution in [0.25, 0.3) is 0 Å². The number of hydrogen-bond acceptors (Lipinski definition) is 4. The normalized spacial score (nSPS) is 9.95. The van der Waals surface area contributed by atoms with Crippen molar-refractivity contribution in [2.75, 3.05) is 5.32 Å². The Bertz CT molecular complexity index is 628. The number of aromatic nitrogens is 2. The predicted molar refractivity (Wildman–Crippen MR) is 71.1 cm³/mol. The van der Waals surface area contributed by atoms with Crippen molar-refractivity contribution in [2.45, 2.75) is 0 Å². The van der Waals surface area contributed by atoms with Gasteiger partial charge in [0.15, 0.2) is 5.69 Å². The van der Waals surface area contributed by atoms with Gasteiger partial charge in [0.25, 0.3) is 5.91 Å². The molecular weight excluding hydrogens is 314 g/mol. The van der Waals surface area contributed by atoms with Crippen molar-refractivity contribution in [2.24, 2.45) is 0 Å². The second-order valence-corrected chi connectivity index (χ2v) is 4.44. The zero-order valence-electron chi connectivity index (χ0n) is 9.50. The predicted octanol–water partition coefficient (Wildman–Crippen LogP) is 2.19. The number of halogens is 1. The van der Waals surface area contributed by atoms with Crippen molar-refractivity contribution in [3.63, 3.8) is 0 Å². The second kappa shape index (κ2) is 5.57. The summed E-state index contributed by atoms with van der Waals surface area (Å²) in [6.45, 7) is 0. The fourth-order valence-corrected chi connectivity index (χ4v) is 1.61. The summed E-state index contributed by atoms with van der Waals surface area (Å²) >= 11 is 3.21. The average Bonchev–Trinajstić information content (AvgIpc) is 2.39. The van der Waals surface area contributed by atoms with Crippen LogP contribution in [0.1, 0.15) is 21.0 Å². The molecule has 0 saturated carbocycles. The van der Waals surface area contributed by atoms with E-state index in [1.54, 1.807) is 6.07 Å². The summed E-state index contributed by atoms with van der Waals surface area (Å²) in [7, 11) is 0. The van der Waals surface area contributed by atoms with Crippen LogP contribution in [0.2, 0.25) is 0 Å². The Morgan fingerprint density at radius 1 is 1.21 bits per heavy atom. The minimum absolute atomic E-state index is 0.129. The molecule has 96 valence electrons. The molecule has 0 radical (unpaired) electrons. The summed E-state index contributed by atoms with van der Waals surface area (Å²) < 4.78 is 0.747. The third-order valence-electron chi connectivity index (χ3n) is 2.22. The van der Waals surface area contributed by atoms with Gasteiger partial charge in [0, 0.05) is 16.9 Å². The van der Waals surface area contributed by atoms with Gasteiger partial charge in [-0.15, -0.1) is 0 Å². The zero-order chi connectivity index (χ0) is 13.8. The number of aromatic carboxylic acids is 1. The van der Waals surface area contributed by atoms with Gasteiger partial charge in [0.2, 0.25) is 0 Å². The summed E-state index contributed by atoms with van der Waals surface area (Å²) in [5.41, 5.74) is 0.0982. The number of carbonyl (C=O) groups excluding carboxylic acids is 1. The Labute approximate surface area is 116 Å². The molecule has 0 bridgehead atoms. The lowest BCUT2D eigenvalue weighted by Crippen LogP contribution is -2.16. The molecule has 0 spiro atoms. The first kappa shape index (κ1) is 13.2. The third kappa shape index (κ3) is 3.14. The Morgan fingerprint density at radius 2 is 2.00 bits per heavy atom. The standard InChI is InChI=1S/C12H8BrN3O3/c13-7-3-4-9(15-6-7)11(17)16-8-2-1-5-14-10(8)12(18)19/h1-6H,(H,16,17)(H,18,19). The van der Waals surface area contributed by atoms with Gasteiger partial charge < -0.3 is 10.4 Å². The first-order chi connectivity index (χ1) is 9.08. The van der Waals surface area contributed by atoms with Crippen LogP contribution in [0, 0.1) is 0 Å². The SMILES string of the molecule is O=C(Nc1cccnc1C(=O)O)c1ccc(Br)cn1. The minimum Gasteiger partial charge on any atom is -0.476 e. The molecule has 7 heteroatoms. The number of pyridine rings is 2. The van der Waals surface area contributed by atoms with Crippen molar-refractivity contribution < 1.29 is 14.7 Å². The number of nitrogens with zero attached hydrogens (tertiary/aromatic N) is 2. The van der Waals surface area contributed by atoms with Crippen LogP contribution in [0.15, 0.2) is 41.1 Å². The van der Waals surface area contributed by atoms with Crippen LogP contribution in [0.5, 0.6) is 0 Å². The molecule has 0 saturated heterocycles. The Morgan fingerprint density at radius 3 is 2.63 bits per heavy atom. The van der Waals surface area contributed by atoms with Crippen LogP contribution >= 0.6 is 15.9 Å². The summed E-state index contributed by atoms with van der Waals surface area (Å²) in [6, 6.07) is 6.20. The molecule has 0 fully saturated rings. The monoisotopic (exact) mass is 321 g/mol. The highest BCUT2D eigenvalue weighted by molar-refractivity contribution is 9.10. The van der Waals surface area contributed by atoms with Crippen LogP contribution in [0.4, 0.5) is 5.69 Å². The second-order valence-electron chi connectivity index (χ2n) is 3.52. The van der Waals surface area contributed by atoms with Gasteiger partial charge in [-0.1, -0.05) is 0 Å². The maximum absolute atomic E-state index is 11.9. The molecule has 1 amide bonds. The molecule has 2 aromatic rings. The van der Waals surface area contributed by atoms with Gasteiger partial charge in [0.1, 0.15) is 5.69 Å². The van der Waals surface area contributed by atoms with E-state index in [9.17, 15) is 9.59 Å². The van der Waals surface area contributed by atoms with Crippen LogP contribution in [-0.2, 0) is 0 Å². The van der Waals surface area contributed by atoms with Crippen molar-refractivity contribution >= 4 is 33.5 Å². The number of carbonyl (C=O) groups is 2. The molecule has 2 aromatic heterocycles. The number of amides is 1. The van der Waals surface area contributed by atoms with E-state index in [2.05, 4.69) is 31.2 Å². The average molecular weight is 322 g/mol. The lowest BCUT2D eigenvalue weighted by atomic mass is 10.2. The molecule has 0 aliphatic rings. The van der Waals surface area contributed by atoms with E-state index < -0.39 is 11.9 Å². The summed E-state index contributed by atoms with van der Waals surface area (Å²) in [6.07, 6.45) is 2.83. The van der Waals surface area contributed by atoms with Crippen molar-refractivity contribution in [3.8, 4) is 0 Å². The maximum atomic E-state index is 11.9. The fraction of sp³-hybridized carbons (Fsp3) is 0. The first-order valence-electron chi connectivity index (χ1n) is 5.19. The maximum Gasteiger partial charge on any atom is 0.356 e. The number of nitrogens with one attached hydrogen (secondary N) is 1. The molecule has 2 heterocycles. The summed E-state index contributed by atoms with van der Waals surface area (Å²) in [5, 5.41) is 11.4. The molecule has 2 rings (SSSR count). The molecule has 6 nitrogen and oxygen atoms in total. The third-order valence-corrected chi connectivity index (χ3v) is 2.69. The fourth-order valence-electron chi connectivity index (χ4n) is 1.37. The van der Waals surface area contributed by atoms with Gasteiger partial charge in [-0.2, -0.15) is 0 Å².